The molecule has 4 heteroatoms. The van der Waals surface area contributed by atoms with Gasteiger partial charge in [-0.1, -0.05) is 12.1 Å². The van der Waals surface area contributed by atoms with Crippen molar-refractivity contribution in [2.24, 2.45) is 7.05 Å². The molecule has 4 nitrogen and oxygen atoms in total. The molecule has 0 spiro atoms. The number of rotatable bonds is 4. The van der Waals surface area contributed by atoms with Crippen LogP contribution in [-0.4, -0.2) is 22.0 Å². The second-order valence-corrected chi connectivity index (χ2v) is 3.93. The highest BCUT2D eigenvalue weighted by atomic mass is 16.5. The zero-order valence-electron chi connectivity index (χ0n) is 10.1. The lowest BCUT2D eigenvalue weighted by Crippen LogP contribution is -1.97. The van der Waals surface area contributed by atoms with E-state index < -0.39 is 0 Å². The van der Waals surface area contributed by atoms with Gasteiger partial charge in [0.15, 0.2) is 0 Å². The quantitative estimate of drug-likeness (QED) is 0.869. The molecule has 0 bridgehead atoms. The number of nitrogens with zero attached hydrogens (tertiary/aromatic N) is 2. The van der Waals surface area contributed by atoms with Crippen LogP contribution in [0.15, 0.2) is 30.3 Å². The summed E-state index contributed by atoms with van der Waals surface area (Å²) in [7, 11) is 3.49. The van der Waals surface area contributed by atoms with E-state index in [-0.39, 0.29) is 6.61 Å². The summed E-state index contributed by atoms with van der Waals surface area (Å²) >= 11 is 0. The lowest BCUT2D eigenvalue weighted by molar-refractivity contribution is 0.270. The van der Waals surface area contributed by atoms with Crippen LogP contribution < -0.4 is 4.74 Å². The molecule has 0 fully saturated rings. The molecular formula is C13H16N2O2. The van der Waals surface area contributed by atoms with Gasteiger partial charge < -0.3 is 9.84 Å². The molecule has 0 aliphatic carbocycles. The Kier molecular flexibility index (Phi) is 3.44. The summed E-state index contributed by atoms with van der Waals surface area (Å²) in [6.45, 7) is 0.0200. The van der Waals surface area contributed by atoms with Gasteiger partial charge in [-0.05, 0) is 23.8 Å². The molecule has 0 saturated carbocycles. The maximum atomic E-state index is 9.09. The molecule has 0 aliphatic rings. The maximum Gasteiger partial charge on any atom is 0.118 e. The van der Waals surface area contributed by atoms with Gasteiger partial charge in [0.25, 0.3) is 0 Å². The first-order valence-corrected chi connectivity index (χ1v) is 5.48. The Balaban J connectivity index is 2.13. The van der Waals surface area contributed by atoms with E-state index in [9.17, 15) is 0 Å². The van der Waals surface area contributed by atoms with Crippen LogP contribution in [0.25, 0.3) is 0 Å². The van der Waals surface area contributed by atoms with Crippen LogP contribution in [0.4, 0.5) is 0 Å². The standard InChI is InChI=1S/C13H16N2O2/c1-15-12(9-16)8-11(14-15)7-10-3-5-13(17-2)6-4-10/h3-6,8,16H,7,9H2,1-2H3. The van der Waals surface area contributed by atoms with E-state index in [0.29, 0.717) is 0 Å². The van der Waals surface area contributed by atoms with Crippen LogP contribution in [0.3, 0.4) is 0 Å². The van der Waals surface area contributed by atoms with E-state index in [2.05, 4.69) is 5.10 Å². The Morgan fingerprint density at radius 1 is 1.29 bits per heavy atom. The fraction of sp³-hybridized carbons (Fsp3) is 0.308. The fourth-order valence-electron chi connectivity index (χ4n) is 1.76. The van der Waals surface area contributed by atoms with Crippen molar-refractivity contribution in [3.8, 4) is 5.75 Å². The topological polar surface area (TPSA) is 47.3 Å². The highest BCUT2D eigenvalue weighted by Crippen LogP contribution is 2.14. The summed E-state index contributed by atoms with van der Waals surface area (Å²) in [5.74, 6) is 0.853. The molecule has 2 aromatic rings. The molecule has 0 radical (unpaired) electrons. The van der Waals surface area contributed by atoms with Gasteiger partial charge in [-0.3, -0.25) is 4.68 Å². The van der Waals surface area contributed by atoms with Gasteiger partial charge in [0, 0.05) is 13.5 Å². The summed E-state index contributed by atoms with van der Waals surface area (Å²) in [4.78, 5) is 0. The summed E-state index contributed by atoms with van der Waals surface area (Å²) < 4.78 is 6.81. The summed E-state index contributed by atoms with van der Waals surface area (Å²) in [6, 6.07) is 9.83. The third kappa shape index (κ3) is 2.65. The molecule has 1 aromatic carbocycles. The largest absolute Gasteiger partial charge is 0.497 e. The van der Waals surface area contributed by atoms with Crippen molar-refractivity contribution in [3.05, 3.63) is 47.3 Å². The van der Waals surface area contributed by atoms with Gasteiger partial charge in [0.1, 0.15) is 5.75 Å². The normalized spacial score (nSPS) is 10.5. The van der Waals surface area contributed by atoms with Crippen molar-refractivity contribution >= 4 is 0 Å². The summed E-state index contributed by atoms with van der Waals surface area (Å²) in [5.41, 5.74) is 2.96. The number of hydrogen-bond acceptors (Lipinski definition) is 3. The Labute approximate surface area is 100 Å². The number of ether oxygens (including phenoxy) is 1. The number of methoxy groups -OCH3 is 1. The number of hydrogen-bond donors (Lipinski definition) is 1. The Hall–Kier alpha value is -1.81. The zero-order chi connectivity index (χ0) is 12.3. The average molecular weight is 232 g/mol. The van der Waals surface area contributed by atoms with Crippen molar-refractivity contribution < 1.29 is 9.84 Å². The Bertz CT molecular complexity index is 489. The molecule has 1 aromatic heterocycles. The lowest BCUT2D eigenvalue weighted by atomic mass is 10.1. The van der Waals surface area contributed by atoms with Crippen molar-refractivity contribution in [1.82, 2.24) is 9.78 Å². The van der Waals surface area contributed by atoms with Gasteiger partial charge in [0.05, 0.1) is 25.1 Å². The molecule has 0 aliphatic heterocycles. The minimum absolute atomic E-state index is 0.0200. The number of benzene rings is 1. The van der Waals surface area contributed by atoms with Crippen LogP contribution in [0.1, 0.15) is 17.0 Å². The zero-order valence-corrected chi connectivity index (χ0v) is 10.1. The van der Waals surface area contributed by atoms with Crippen LogP contribution in [0, 0.1) is 0 Å². The second kappa shape index (κ2) is 5.01. The van der Waals surface area contributed by atoms with Gasteiger partial charge >= 0.3 is 0 Å². The fourth-order valence-corrected chi connectivity index (χ4v) is 1.76. The van der Waals surface area contributed by atoms with Gasteiger partial charge in [0.2, 0.25) is 0 Å². The first-order chi connectivity index (χ1) is 8.22. The van der Waals surface area contributed by atoms with E-state index in [1.165, 1.54) is 5.56 Å². The Morgan fingerprint density at radius 3 is 2.53 bits per heavy atom. The minimum atomic E-state index is 0.0200. The maximum absolute atomic E-state index is 9.09. The summed E-state index contributed by atoms with van der Waals surface area (Å²) in [6.07, 6.45) is 0.762. The molecule has 2 rings (SSSR count). The molecule has 17 heavy (non-hydrogen) atoms. The number of aryl methyl sites for hydroxylation is 1. The summed E-state index contributed by atoms with van der Waals surface area (Å²) in [5, 5.41) is 13.4. The van der Waals surface area contributed by atoms with Crippen molar-refractivity contribution in [2.45, 2.75) is 13.0 Å². The first kappa shape index (κ1) is 11.7. The van der Waals surface area contributed by atoms with Crippen LogP contribution in [0.2, 0.25) is 0 Å². The predicted molar refractivity (Wildman–Crippen MR) is 64.9 cm³/mol. The highest BCUT2D eigenvalue weighted by Gasteiger charge is 2.05. The molecule has 90 valence electrons. The van der Waals surface area contributed by atoms with Crippen LogP contribution >= 0.6 is 0 Å². The highest BCUT2D eigenvalue weighted by molar-refractivity contribution is 5.30. The van der Waals surface area contributed by atoms with Crippen molar-refractivity contribution in [2.75, 3.05) is 7.11 Å². The number of aliphatic hydroxyl groups is 1. The Morgan fingerprint density at radius 2 is 2.00 bits per heavy atom. The third-order valence-electron chi connectivity index (χ3n) is 2.73. The minimum Gasteiger partial charge on any atom is -0.497 e. The van der Waals surface area contributed by atoms with Crippen LogP contribution in [-0.2, 0) is 20.1 Å². The smallest absolute Gasteiger partial charge is 0.118 e. The van der Waals surface area contributed by atoms with Gasteiger partial charge in [-0.15, -0.1) is 0 Å². The van der Waals surface area contributed by atoms with Gasteiger partial charge in [-0.2, -0.15) is 5.10 Å². The van der Waals surface area contributed by atoms with E-state index >= 15 is 0 Å². The molecule has 1 N–H and O–H groups in total. The van der Waals surface area contributed by atoms with E-state index in [1.54, 1.807) is 11.8 Å². The lowest BCUT2D eigenvalue weighted by Gasteiger charge is -2.01. The third-order valence-corrected chi connectivity index (χ3v) is 2.73. The molecule has 1 heterocycles. The molecule has 0 amide bonds. The number of aromatic nitrogens is 2. The van der Waals surface area contributed by atoms with E-state index in [1.807, 2.05) is 37.4 Å². The van der Waals surface area contributed by atoms with Gasteiger partial charge in [-0.25, -0.2) is 0 Å². The second-order valence-electron chi connectivity index (χ2n) is 3.93. The monoisotopic (exact) mass is 232 g/mol. The molecular weight excluding hydrogens is 216 g/mol. The first-order valence-electron chi connectivity index (χ1n) is 5.48. The van der Waals surface area contributed by atoms with Crippen molar-refractivity contribution in [1.29, 1.82) is 0 Å². The van der Waals surface area contributed by atoms with Crippen molar-refractivity contribution in [3.63, 3.8) is 0 Å². The molecule has 0 unspecified atom stereocenters. The average Bonchev–Trinajstić information content (AvgIpc) is 2.70. The van der Waals surface area contributed by atoms with Crippen LogP contribution in [0.5, 0.6) is 5.75 Å². The van der Waals surface area contributed by atoms with E-state index in [4.69, 9.17) is 9.84 Å². The predicted octanol–water partition coefficient (Wildman–Crippen LogP) is 1.51. The molecule has 0 saturated heterocycles. The number of aliphatic hydroxyl groups excluding tert-OH is 1. The van der Waals surface area contributed by atoms with E-state index in [0.717, 1.165) is 23.6 Å². The SMILES string of the molecule is COc1ccc(Cc2cc(CO)n(C)n2)cc1. The molecule has 0 atom stereocenters.